The van der Waals surface area contributed by atoms with Gasteiger partial charge >= 0.3 is 0 Å². The predicted octanol–water partition coefficient (Wildman–Crippen LogP) is 3.10. The first-order valence-electron chi connectivity index (χ1n) is 6.36. The highest BCUT2D eigenvalue weighted by Gasteiger charge is 2.46. The molecule has 1 aromatic carbocycles. The van der Waals surface area contributed by atoms with Crippen molar-refractivity contribution in [2.24, 2.45) is 5.41 Å². The quantitative estimate of drug-likeness (QED) is 0.896. The van der Waals surface area contributed by atoms with Crippen LogP contribution in [0.1, 0.15) is 38.7 Å². The molecule has 0 aliphatic heterocycles. The molecule has 3 nitrogen and oxygen atoms in total. The van der Waals surface area contributed by atoms with E-state index >= 15 is 0 Å². The number of hydrogen-bond donors (Lipinski definition) is 1. The predicted molar refractivity (Wildman–Crippen MR) is 71.1 cm³/mol. The average molecular weight is 250 g/mol. The minimum atomic E-state index is -0.846. The smallest absolute Gasteiger partial charge is 0.128 e. The second-order valence-corrected chi connectivity index (χ2v) is 5.91. The van der Waals surface area contributed by atoms with Crippen molar-refractivity contribution < 1.29 is 14.6 Å². The summed E-state index contributed by atoms with van der Waals surface area (Å²) >= 11 is 0. The first kappa shape index (κ1) is 13.2. The van der Waals surface area contributed by atoms with Gasteiger partial charge < -0.3 is 14.6 Å². The van der Waals surface area contributed by atoms with Crippen LogP contribution in [0.4, 0.5) is 0 Å². The highest BCUT2D eigenvalue weighted by molar-refractivity contribution is 5.49. The second-order valence-electron chi connectivity index (χ2n) is 5.91. The Bertz CT molecular complexity index is 417. The van der Waals surface area contributed by atoms with Gasteiger partial charge in [0.1, 0.15) is 11.5 Å². The zero-order valence-electron chi connectivity index (χ0n) is 11.6. The van der Waals surface area contributed by atoms with Gasteiger partial charge in [0, 0.05) is 0 Å². The molecule has 0 saturated heterocycles. The van der Waals surface area contributed by atoms with Gasteiger partial charge in [-0.3, -0.25) is 0 Å². The summed E-state index contributed by atoms with van der Waals surface area (Å²) in [6, 6.07) is 5.63. The number of aliphatic hydroxyl groups is 1. The number of ether oxygens (including phenoxy) is 2. The summed E-state index contributed by atoms with van der Waals surface area (Å²) in [5.74, 6) is 1.41. The molecule has 0 bridgehead atoms. The van der Waals surface area contributed by atoms with Gasteiger partial charge in [0.25, 0.3) is 0 Å². The first-order chi connectivity index (χ1) is 8.42. The Kier molecular flexibility index (Phi) is 3.28. The molecule has 18 heavy (non-hydrogen) atoms. The van der Waals surface area contributed by atoms with Crippen LogP contribution in [-0.4, -0.2) is 19.3 Å². The van der Waals surface area contributed by atoms with E-state index in [0.29, 0.717) is 11.5 Å². The Balaban J connectivity index is 2.50. The van der Waals surface area contributed by atoms with Crippen LogP contribution in [0, 0.1) is 5.41 Å². The number of benzene rings is 1. The molecule has 1 atom stereocenters. The fraction of sp³-hybridized carbons (Fsp3) is 0.600. The third kappa shape index (κ3) is 2.19. The summed E-state index contributed by atoms with van der Waals surface area (Å²) in [5.41, 5.74) is 0.0998. The van der Waals surface area contributed by atoms with Gasteiger partial charge in [-0.05, 0) is 36.8 Å². The number of hydrogen-bond acceptors (Lipinski definition) is 3. The topological polar surface area (TPSA) is 38.7 Å². The van der Waals surface area contributed by atoms with Crippen molar-refractivity contribution in [1.82, 2.24) is 0 Å². The average Bonchev–Trinajstić information content (AvgIpc) is 2.63. The van der Waals surface area contributed by atoms with Gasteiger partial charge in [-0.25, -0.2) is 0 Å². The van der Waals surface area contributed by atoms with E-state index in [-0.39, 0.29) is 5.41 Å². The molecule has 1 fully saturated rings. The molecule has 3 heteroatoms. The van der Waals surface area contributed by atoms with Gasteiger partial charge in [-0.15, -0.1) is 0 Å². The van der Waals surface area contributed by atoms with Crippen LogP contribution in [-0.2, 0) is 5.60 Å². The maximum Gasteiger partial charge on any atom is 0.128 e. The molecule has 1 aromatic rings. The van der Waals surface area contributed by atoms with Crippen LogP contribution >= 0.6 is 0 Å². The minimum Gasteiger partial charge on any atom is -0.496 e. The van der Waals surface area contributed by atoms with Crippen molar-refractivity contribution in [2.75, 3.05) is 14.2 Å². The Hall–Kier alpha value is -1.22. The molecule has 1 aliphatic rings. The molecule has 0 spiro atoms. The van der Waals surface area contributed by atoms with Crippen LogP contribution < -0.4 is 9.47 Å². The minimum absolute atomic E-state index is 0.153. The van der Waals surface area contributed by atoms with Crippen molar-refractivity contribution in [1.29, 1.82) is 0 Å². The van der Waals surface area contributed by atoms with Gasteiger partial charge in [0.15, 0.2) is 0 Å². The standard InChI is InChI=1S/C15H22O3/c1-14(2)8-9-15(16,10-14)13-11(17-3)6-5-7-12(13)18-4/h5-7,16H,8-10H2,1-4H3. The summed E-state index contributed by atoms with van der Waals surface area (Å²) in [6.07, 6.45) is 2.48. The molecular weight excluding hydrogens is 228 g/mol. The van der Waals surface area contributed by atoms with Crippen molar-refractivity contribution in [2.45, 2.75) is 38.7 Å². The van der Waals surface area contributed by atoms with Crippen molar-refractivity contribution in [3.8, 4) is 11.5 Å². The fourth-order valence-corrected chi connectivity index (χ4v) is 3.04. The van der Waals surface area contributed by atoms with E-state index in [9.17, 15) is 5.11 Å². The molecule has 1 aliphatic carbocycles. The van der Waals surface area contributed by atoms with Crippen LogP contribution in [0.3, 0.4) is 0 Å². The highest BCUT2D eigenvalue weighted by atomic mass is 16.5. The largest absolute Gasteiger partial charge is 0.496 e. The molecule has 0 aromatic heterocycles. The summed E-state index contributed by atoms with van der Waals surface area (Å²) in [7, 11) is 3.25. The van der Waals surface area contributed by atoms with E-state index in [1.54, 1.807) is 14.2 Å². The SMILES string of the molecule is COc1cccc(OC)c1C1(O)CCC(C)(C)C1. The fourth-order valence-electron chi connectivity index (χ4n) is 3.04. The Morgan fingerprint density at radius 1 is 1.06 bits per heavy atom. The summed E-state index contributed by atoms with van der Waals surface area (Å²) < 4.78 is 10.8. The van der Waals surface area contributed by atoms with Crippen LogP contribution in [0.2, 0.25) is 0 Å². The molecule has 1 N–H and O–H groups in total. The van der Waals surface area contributed by atoms with Crippen LogP contribution in [0.5, 0.6) is 11.5 Å². The second kappa shape index (κ2) is 4.47. The van der Waals surface area contributed by atoms with Gasteiger partial charge in [-0.2, -0.15) is 0 Å². The number of methoxy groups -OCH3 is 2. The zero-order valence-corrected chi connectivity index (χ0v) is 11.6. The lowest BCUT2D eigenvalue weighted by molar-refractivity contribution is 0.0291. The molecule has 100 valence electrons. The van der Waals surface area contributed by atoms with Crippen molar-refractivity contribution in [3.05, 3.63) is 23.8 Å². The van der Waals surface area contributed by atoms with Gasteiger partial charge in [0.2, 0.25) is 0 Å². The lowest BCUT2D eigenvalue weighted by Crippen LogP contribution is -2.25. The lowest BCUT2D eigenvalue weighted by atomic mass is 9.85. The van der Waals surface area contributed by atoms with E-state index in [1.807, 2.05) is 18.2 Å². The molecule has 1 saturated carbocycles. The summed E-state index contributed by atoms with van der Waals surface area (Å²) in [6.45, 7) is 4.37. The van der Waals surface area contributed by atoms with Gasteiger partial charge in [-0.1, -0.05) is 19.9 Å². The molecular formula is C15H22O3. The first-order valence-corrected chi connectivity index (χ1v) is 6.36. The monoisotopic (exact) mass is 250 g/mol. The molecule has 1 unspecified atom stereocenters. The van der Waals surface area contributed by atoms with E-state index in [1.165, 1.54) is 0 Å². The Morgan fingerprint density at radius 3 is 2.00 bits per heavy atom. The normalized spacial score (nSPS) is 26.1. The molecule has 0 heterocycles. The summed E-state index contributed by atoms with van der Waals surface area (Å²) in [5, 5.41) is 11.0. The zero-order chi connectivity index (χ0) is 13.4. The maximum atomic E-state index is 11.0. The Morgan fingerprint density at radius 2 is 1.61 bits per heavy atom. The van der Waals surface area contributed by atoms with E-state index in [0.717, 1.165) is 24.8 Å². The summed E-state index contributed by atoms with van der Waals surface area (Å²) in [4.78, 5) is 0. The third-order valence-electron chi connectivity index (χ3n) is 3.88. The van der Waals surface area contributed by atoms with Gasteiger partial charge in [0.05, 0.1) is 25.4 Å². The number of rotatable bonds is 3. The Labute approximate surface area is 109 Å². The van der Waals surface area contributed by atoms with E-state index in [2.05, 4.69) is 13.8 Å². The lowest BCUT2D eigenvalue weighted by Gasteiger charge is -2.28. The van der Waals surface area contributed by atoms with E-state index < -0.39 is 5.60 Å². The van der Waals surface area contributed by atoms with Crippen molar-refractivity contribution >= 4 is 0 Å². The molecule has 0 radical (unpaired) electrons. The highest BCUT2D eigenvalue weighted by Crippen LogP contribution is 2.53. The van der Waals surface area contributed by atoms with Crippen LogP contribution in [0.15, 0.2) is 18.2 Å². The molecule has 2 rings (SSSR count). The maximum absolute atomic E-state index is 11.0. The third-order valence-corrected chi connectivity index (χ3v) is 3.88. The van der Waals surface area contributed by atoms with Crippen molar-refractivity contribution in [3.63, 3.8) is 0 Å². The molecule has 0 amide bonds. The van der Waals surface area contributed by atoms with Crippen LogP contribution in [0.25, 0.3) is 0 Å². The van der Waals surface area contributed by atoms with E-state index in [4.69, 9.17) is 9.47 Å².